The van der Waals surface area contributed by atoms with Crippen LogP contribution in [0.1, 0.15) is 12.0 Å². The van der Waals surface area contributed by atoms with Gasteiger partial charge in [-0.25, -0.2) is 22.0 Å². The lowest BCUT2D eigenvalue weighted by atomic mass is 10.1. The molecular weight excluding hydrogens is 245 g/mol. The van der Waals surface area contributed by atoms with E-state index < -0.39 is 47.0 Å². The summed E-state index contributed by atoms with van der Waals surface area (Å²) in [5, 5.41) is 0. The van der Waals surface area contributed by atoms with Crippen LogP contribution in [0.15, 0.2) is 0 Å². The van der Waals surface area contributed by atoms with Crippen LogP contribution < -0.4 is 5.73 Å². The summed E-state index contributed by atoms with van der Waals surface area (Å²) in [6, 6.07) is 0. The van der Waals surface area contributed by atoms with Gasteiger partial charge in [0.15, 0.2) is 23.3 Å². The van der Waals surface area contributed by atoms with Crippen molar-refractivity contribution in [2.75, 3.05) is 0 Å². The molecule has 90 valence electrons. The number of rotatable bonds is 1. The minimum Gasteiger partial charge on any atom is -0.369 e. The van der Waals surface area contributed by atoms with Crippen LogP contribution in [0.2, 0.25) is 0 Å². The van der Waals surface area contributed by atoms with Crippen LogP contribution in [0.3, 0.4) is 0 Å². The van der Waals surface area contributed by atoms with E-state index in [4.69, 9.17) is 0 Å². The summed E-state index contributed by atoms with van der Waals surface area (Å²) in [5.41, 5.74) is 3.39. The van der Waals surface area contributed by atoms with Gasteiger partial charge in [-0.15, -0.1) is 0 Å². The number of benzene rings is 1. The number of carbonyl (C=O) groups is 1. The Bertz CT molecular complexity index is 515. The Morgan fingerprint density at radius 3 is 1.76 bits per heavy atom. The lowest BCUT2D eigenvalue weighted by molar-refractivity contribution is -0.117. The van der Waals surface area contributed by atoms with Crippen LogP contribution >= 0.6 is 0 Å². The number of primary amides is 1. The van der Waals surface area contributed by atoms with E-state index in [1.807, 2.05) is 5.92 Å². The molecule has 0 unspecified atom stereocenters. The third kappa shape index (κ3) is 2.53. The molecule has 7 heteroatoms. The molecule has 0 bridgehead atoms. The van der Waals surface area contributed by atoms with Gasteiger partial charge in [0, 0.05) is 0 Å². The Balaban J connectivity index is 3.33. The van der Waals surface area contributed by atoms with Gasteiger partial charge in [-0.2, -0.15) is 0 Å². The van der Waals surface area contributed by atoms with Crippen molar-refractivity contribution < 1.29 is 26.7 Å². The summed E-state index contributed by atoms with van der Waals surface area (Å²) in [4.78, 5) is 10.3. The number of amides is 1. The van der Waals surface area contributed by atoms with E-state index in [0.29, 0.717) is 0 Å². The summed E-state index contributed by atoms with van der Waals surface area (Å²) in [6.07, 6.45) is -0.556. The first-order valence-electron chi connectivity index (χ1n) is 4.14. The molecule has 0 saturated heterocycles. The molecule has 0 aliphatic carbocycles. The minimum absolute atomic E-state index is 0.556. The summed E-state index contributed by atoms with van der Waals surface area (Å²) in [5.74, 6) is -7.85. The van der Waals surface area contributed by atoms with Crippen LogP contribution in [-0.4, -0.2) is 5.91 Å². The maximum absolute atomic E-state index is 13.0. The monoisotopic (exact) mass is 249 g/mol. The van der Waals surface area contributed by atoms with Crippen LogP contribution in [0.25, 0.3) is 0 Å². The van der Waals surface area contributed by atoms with Crippen LogP contribution in [-0.2, 0) is 4.79 Å². The predicted molar refractivity (Wildman–Crippen MR) is 46.9 cm³/mol. The summed E-state index contributed by atoms with van der Waals surface area (Å²) in [6.45, 7) is 0. The van der Waals surface area contributed by atoms with E-state index in [2.05, 4.69) is 5.73 Å². The van der Waals surface area contributed by atoms with Crippen molar-refractivity contribution in [1.29, 1.82) is 0 Å². The topological polar surface area (TPSA) is 43.1 Å². The summed E-state index contributed by atoms with van der Waals surface area (Å²) >= 11 is 0. The van der Waals surface area contributed by atoms with Crippen molar-refractivity contribution in [3.05, 3.63) is 34.6 Å². The van der Waals surface area contributed by atoms with Gasteiger partial charge in [-0.1, -0.05) is 11.8 Å². The van der Waals surface area contributed by atoms with Crippen molar-refractivity contribution in [3.8, 4) is 11.8 Å². The second kappa shape index (κ2) is 4.82. The molecule has 1 aromatic rings. The Morgan fingerprint density at radius 1 is 0.941 bits per heavy atom. The van der Waals surface area contributed by atoms with Crippen LogP contribution in [0.4, 0.5) is 22.0 Å². The molecule has 1 rings (SSSR count). The van der Waals surface area contributed by atoms with Gasteiger partial charge < -0.3 is 5.73 Å². The lowest BCUT2D eigenvalue weighted by Gasteiger charge is -2.02. The Labute approximate surface area is 92.2 Å². The van der Waals surface area contributed by atoms with Crippen LogP contribution in [0.5, 0.6) is 0 Å². The largest absolute Gasteiger partial charge is 0.369 e. The molecule has 1 amide bonds. The van der Waals surface area contributed by atoms with E-state index in [0.717, 1.165) is 0 Å². The van der Waals surface area contributed by atoms with E-state index in [1.165, 1.54) is 0 Å². The average molecular weight is 249 g/mol. The number of hydrogen-bond donors (Lipinski definition) is 1. The molecule has 0 atom stereocenters. The van der Waals surface area contributed by atoms with E-state index in [9.17, 15) is 26.7 Å². The molecule has 0 aromatic heterocycles. The molecule has 0 aliphatic rings. The number of carbonyl (C=O) groups excluding carboxylic acids is 1. The molecular formula is C10H4F5NO. The zero-order valence-electron chi connectivity index (χ0n) is 8.08. The quantitative estimate of drug-likeness (QED) is 0.349. The first-order valence-corrected chi connectivity index (χ1v) is 4.14. The highest BCUT2D eigenvalue weighted by Crippen LogP contribution is 2.22. The van der Waals surface area contributed by atoms with E-state index in [1.54, 1.807) is 5.92 Å². The van der Waals surface area contributed by atoms with Gasteiger partial charge in [0.05, 0.1) is 6.42 Å². The Hall–Kier alpha value is -2.10. The standard InChI is InChI=1S/C10H4F5NO/c11-6-4(2-1-3-5(16)17)7(12)9(14)10(15)8(6)13/h3H2,(H2,16,17). The molecule has 0 fully saturated rings. The number of nitrogens with two attached hydrogens (primary N) is 1. The zero-order valence-corrected chi connectivity index (χ0v) is 8.08. The molecule has 17 heavy (non-hydrogen) atoms. The van der Waals surface area contributed by atoms with Gasteiger partial charge in [0.25, 0.3) is 0 Å². The van der Waals surface area contributed by atoms with Crippen molar-refractivity contribution in [2.45, 2.75) is 6.42 Å². The zero-order chi connectivity index (χ0) is 13.2. The van der Waals surface area contributed by atoms with Gasteiger partial charge in [0.1, 0.15) is 5.56 Å². The van der Waals surface area contributed by atoms with Gasteiger partial charge in [-0.3, -0.25) is 4.79 Å². The fourth-order valence-corrected chi connectivity index (χ4v) is 0.934. The summed E-state index contributed by atoms with van der Waals surface area (Å²) < 4.78 is 63.9. The Kier molecular flexibility index (Phi) is 3.68. The molecule has 1 aromatic carbocycles. The van der Waals surface area contributed by atoms with E-state index >= 15 is 0 Å². The van der Waals surface area contributed by atoms with Gasteiger partial charge in [-0.05, 0) is 0 Å². The molecule has 0 saturated carbocycles. The highest BCUT2D eigenvalue weighted by atomic mass is 19.2. The second-order valence-electron chi connectivity index (χ2n) is 2.89. The van der Waals surface area contributed by atoms with Crippen LogP contribution in [0, 0.1) is 40.9 Å². The number of halogens is 5. The van der Waals surface area contributed by atoms with Crippen molar-refractivity contribution in [1.82, 2.24) is 0 Å². The fraction of sp³-hybridized carbons (Fsp3) is 0.100. The second-order valence-corrected chi connectivity index (χ2v) is 2.89. The average Bonchev–Trinajstić information content (AvgIpc) is 2.28. The lowest BCUT2D eigenvalue weighted by Crippen LogP contribution is -2.08. The third-order valence-corrected chi connectivity index (χ3v) is 1.69. The minimum atomic E-state index is -2.26. The first-order chi connectivity index (χ1) is 7.86. The molecule has 0 radical (unpaired) electrons. The van der Waals surface area contributed by atoms with Crippen molar-refractivity contribution in [3.63, 3.8) is 0 Å². The Morgan fingerprint density at radius 2 is 1.35 bits per heavy atom. The summed E-state index contributed by atoms with van der Waals surface area (Å²) in [7, 11) is 0. The van der Waals surface area contributed by atoms with E-state index in [-0.39, 0.29) is 0 Å². The predicted octanol–water partition coefficient (Wildman–Crippen LogP) is 1.61. The maximum Gasteiger partial charge on any atom is 0.229 e. The first kappa shape index (κ1) is 13.0. The molecule has 2 N–H and O–H groups in total. The molecule has 0 heterocycles. The van der Waals surface area contributed by atoms with Gasteiger partial charge >= 0.3 is 0 Å². The SMILES string of the molecule is NC(=O)CC#Cc1c(F)c(F)c(F)c(F)c1F. The van der Waals surface area contributed by atoms with Gasteiger partial charge in [0.2, 0.25) is 11.7 Å². The maximum atomic E-state index is 13.0. The molecule has 2 nitrogen and oxygen atoms in total. The number of hydrogen-bond acceptors (Lipinski definition) is 1. The fourth-order valence-electron chi connectivity index (χ4n) is 0.934. The molecule has 0 spiro atoms. The normalized spacial score (nSPS) is 9.71. The smallest absolute Gasteiger partial charge is 0.229 e. The highest BCUT2D eigenvalue weighted by Gasteiger charge is 2.24. The highest BCUT2D eigenvalue weighted by molar-refractivity contribution is 5.76. The van der Waals surface area contributed by atoms with Crippen molar-refractivity contribution >= 4 is 5.91 Å². The van der Waals surface area contributed by atoms with Crippen molar-refractivity contribution in [2.24, 2.45) is 5.73 Å². The molecule has 0 aliphatic heterocycles. The third-order valence-electron chi connectivity index (χ3n) is 1.69.